The van der Waals surface area contributed by atoms with E-state index in [2.05, 4.69) is 0 Å². The molecule has 0 radical (unpaired) electrons. The number of aliphatic carboxylic acids is 1. The molecule has 0 fully saturated rings. The lowest BCUT2D eigenvalue weighted by atomic mass is 10.7. The van der Waals surface area contributed by atoms with Crippen molar-refractivity contribution in [2.24, 2.45) is 0 Å². The minimum absolute atomic E-state index is 0.0255. The highest BCUT2D eigenvalue weighted by Gasteiger charge is 1.78. The van der Waals surface area contributed by atoms with Crippen LogP contribution in [0.5, 0.6) is 0 Å². The smallest absolute Gasteiger partial charge is 0.330 e. The van der Waals surface area contributed by atoms with Gasteiger partial charge in [0.2, 0.25) is 0 Å². The van der Waals surface area contributed by atoms with Gasteiger partial charge < -0.3 is 5.11 Å². The zero-order chi connectivity index (χ0) is 4.99. The molecule has 34 valence electrons. The minimum Gasteiger partial charge on any atom is -0.478 e. The zero-order valence-electron chi connectivity index (χ0n) is 2.89. The molecule has 0 unspecified atom stereocenters. The Morgan fingerprint density at radius 2 is 2.33 bits per heavy atom. The van der Waals surface area contributed by atoms with Crippen LogP contribution in [0.15, 0.2) is 12.4 Å². The number of hydrogen-bond donors (Lipinski definition) is 1. The Morgan fingerprint density at radius 1 is 1.83 bits per heavy atom. The highest BCUT2D eigenvalue weighted by molar-refractivity contribution is 5.79. The third-order valence-electron chi connectivity index (χ3n) is 0.206. The van der Waals surface area contributed by atoms with E-state index >= 15 is 0 Å². The molecule has 0 saturated heterocycles. The molecule has 0 aromatic carbocycles. The fraction of sp³-hybridized carbons (Fsp3) is 0. The summed E-state index contributed by atoms with van der Waals surface area (Å²) in [5.74, 6) is -1.27. The Hall–Kier alpha value is -0.860. The molecule has 0 bridgehead atoms. The topological polar surface area (TPSA) is 37.3 Å². The van der Waals surface area contributed by atoms with Crippen molar-refractivity contribution in [2.45, 2.75) is 0 Å². The molecular weight excluding hydrogens is 87.0 g/mol. The first-order valence-electron chi connectivity index (χ1n) is 1.27. The molecule has 0 aromatic heterocycles. The van der Waals surface area contributed by atoms with Crippen LogP contribution in [0.25, 0.3) is 0 Å². The van der Waals surface area contributed by atoms with Crippen LogP contribution in [-0.4, -0.2) is 11.1 Å². The van der Waals surface area contributed by atoms with Crippen LogP contribution in [0, 0.1) is 0 Å². The van der Waals surface area contributed by atoms with Crippen molar-refractivity contribution in [2.75, 3.05) is 0 Å². The maximum Gasteiger partial charge on any atom is 0.330 e. The predicted octanol–water partition coefficient (Wildman–Crippen LogP) is 0.554. The molecule has 0 saturated carbocycles. The molecule has 6 heavy (non-hydrogen) atoms. The van der Waals surface area contributed by atoms with Gasteiger partial charge >= 0.3 is 5.97 Å². The fourth-order valence-electron chi connectivity index (χ4n) is 0.0539. The number of hydrogen-bond acceptors (Lipinski definition) is 1. The van der Waals surface area contributed by atoms with Gasteiger partial charge in [-0.05, 0) is 0 Å². The second-order valence-electron chi connectivity index (χ2n) is 0.631. The van der Waals surface area contributed by atoms with Crippen molar-refractivity contribution >= 4 is 5.97 Å². The lowest BCUT2D eigenvalue weighted by molar-refractivity contribution is -0.131. The Bertz CT molecular complexity index is 76.9. The Balaban J connectivity index is 3.30. The average molecular weight is 90.1 g/mol. The third kappa shape index (κ3) is 3.14. The number of carboxylic acid groups (broad SMARTS) is 1. The fourth-order valence-corrected chi connectivity index (χ4v) is 0.0539. The van der Waals surface area contributed by atoms with E-state index in [1.54, 1.807) is 0 Å². The van der Waals surface area contributed by atoms with Crippen molar-refractivity contribution < 1.29 is 14.3 Å². The van der Waals surface area contributed by atoms with Crippen molar-refractivity contribution in [3.05, 3.63) is 12.4 Å². The molecule has 0 atom stereocenters. The molecule has 1 N–H and O–H groups in total. The van der Waals surface area contributed by atoms with E-state index < -0.39 is 5.97 Å². The highest BCUT2D eigenvalue weighted by atomic mass is 19.1. The highest BCUT2D eigenvalue weighted by Crippen LogP contribution is 1.68. The molecule has 0 amide bonds. The van der Waals surface area contributed by atoms with E-state index in [-0.39, 0.29) is 6.33 Å². The van der Waals surface area contributed by atoms with Crippen LogP contribution in [0.1, 0.15) is 0 Å². The van der Waals surface area contributed by atoms with E-state index in [1.165, 1.54) is 0 Å². The van der Waals surface area contributed by atoms with Crippen LogP contribution in [0.4, 0.5) is 4.39 Å². The number of rotatable bonds is 1. The summed E-state index contributed by atoms with van der Waals surface area (Å²) in [7, 11) is 0. The van der Waals surface area contributed by atoms with Crippen molar-refractivity contribution in [1.29, 1.82) is 0 Å². The van der Waals surface area contributed by atoms with Gasteiger partial charge in [-0.15, -0.1) is 0 Å². The summed E-state index contributed by atoms with van der Waals surface area (Å²) in [6.45, 7) is 0. The average Bonchev–Trinajstić information content (AvgIpc) is 1.35. The van der Waals surface area contributed by atoms with Gasteiger partial charge in [-0.1, -0.05) is 0 Å². The molecule has 2 nitrogen and oxygen atoms in total. The maximum absolute atomic E-state index is 10.7. The summed E-state index contributed by atoms with van der Waals surface area (Å²) in [4.78, 5) is 9.27. The second kappa shape index (κ2) is 2.38. The number of carboxylic acids is 1. The maximum atomic E-state index is 10.7. The van der Waals surface area contributed by atoms with E-state index in [1.807, 2.05) is 0 Å². The Morgan fingerprint density at radius 3 is 2.33 bits per heavy atom. The van der Waals surface area contributed by atoms with Gasteiger partial charge in [0.25, 0.3) is 0 Å². The second-order valence-corrected chi connectivity index (χ2v) is 0.631. The lowest BCUT2D eigenvalue weighted by Crippen LogP contribution is -1.83. The standard InChI is InChI=1S/C3H3FO2/c4-2-1-3(5)6/h1-2H,(H,5,6)/b2-1-. The van der Waals surface area contributed by atoms with E-state index in [9.17, 15) is 9.18 Å². The zero-order valence-corrected chi connectivity index (χ0v) is 2.89. The van der Waals surface area contributed by atoms with Gasteiger partial charge in [0.1, 0.15) is 0 Å². The monoisotopic (exact) mass is 90.0 g/mol. The van der Waals surface area contributed by atoms with Crippen LogP contribution in [0.2, 0.25) is 0 Å². The molecule has 3 heteroatoms. The first kappa shape index (κ1) is 5.14. The van der Waals surface area contributed by atoms with Gasteiger partial charge in [-0.3, -0.25) is 0 Å². The van der Waals surface area contributed by atoms with E-state index in [4.69, 9.17) is 5.11 Å². The lowest BCUT2D eigenvalue weighted by Gasteiger charge is -1.66. The molecule has 0 aromatic rings. The van der Waals surface area contributed by atoms with Gasteiger partial charge in [-0.2, -0.15) is 0 Å². The molecule has 0 heterocycles. The number of halogens is 1. The normalized spacial score (nSPS) is 9.50. The summed E-state index contributed by atoms with van der Waals surface area (Å²) in [6.07, 6.45) is 0.391. The van der Waals surface area contributed by atoms with Crippen LogP contribution >= 0.6 is 0 Å². The molecule has 0 spiro atoms. The van der Waals surface area contributed by atoms with Crippen LogP contribution in [-0.2, 0) is 4.79 Å². The summed E-state index contributed by atoms with van der Waals surface area (Å²) >= 11 is 0. The molecule has 0 aliphatic heterocycles. The van der Waals surface area contributed by atoms with E-state index in [0.717, 1.165) is 0 Å². The largest absolute Gasteiger partial charge is 0.478 e. The summed E-state index contributed by atoms with van der Waals surface area (Å²) in [5.41, 5.74) is 0. The van der Waals surface area contributed by atoms with Crippen molar-refractivity contribution in [1.82, 2.24) is 0 Å². The van der Waals surface area contributed by atoms with Gasteiger partial charge in [-0.25, -0.2) is 9.18 Å². The van der Waals surface area contributed by atoms with Crippen molar-refractivity contribution in [3.8, 4) is 0 Å². The third-order valence-corrected chi connectivity index (χ3v) is 0.206. The number of carbonyl (C=O) groups is 1. The minimum atomic E-state index is -1.27. The van der Waals surface area contributed by atoms with Gasteiger partial charge in [0, 0.05) is 0 Å². The first-order valence-corrected chi connectivity index (χ1v) is 1.27. The SMILES string of the molecule is O=C(O)/C=C\F. The Labute approximate surface area is 33.9 Å². The van der Waals surface area contributed by atoms with Crippen LogP contribution in [0.3, 0.4) is 0 Å². The summed E-state index contributed by atoms with van der Waals surface area (Å²) in [5, 5.41) is 7.59. The van der Waals surface area contributed by atoms with Gasteiger partial charge in [0.15, 0.2) is 0 Å². The molecular formula is C3H3FO2. The molecule has 0 aliphatic carbocycles. The van der Waals surface area contributed by atoms with Gasteiger partial charge in [0.05, 0.1) is 12.4 Å². The summed E-state index contributed by atoms with van der Waals surface area (Å²) in [6, 6.07) is 0. The Kier molecular flexibility index (Phi) is 2.04. The molecule has 0 aliphatic rings. The first-order chi connectivity index (χ1) is 2.77. The predicted molar refractivity (Wildman–Crippen MR) is 17.9 cm³/mol. The van der Waals surface area contributed by atoms with E-state index in [0.29, 0.717) is 6.08 Å². The summed E-state index contributed by atoms with van der Waals surface area (Å²) < 4.78 is 10.7. The quantitative estimate of drug-likeness (QED) is 0.477. The van der Waals surface area contributed by atoms with Crippen molar-refractivity contribution in [3.63, 3.8) is 0 Å². The molecule has 0 rings (SSSR count). The van der Waals surface area contributed by atoms with Crippen LogP contribution < -0.4 is 0 Å².